The second kappa shape index (κ2) is 5.32. The highest BCUT2D eigenvalue weighted by atomic mass is 16.2. The zero-order valence-corrected chi connectivity index (χ0v) is 10.2. The normalized spacial score (nSPS) is 24.1. The van der Waals surface area contributed by atoms with Crippen molar-refractivity contribution >= 4 is 5.91 Å². The van der Waals surface area contributed by atoms with Gasteiger partial charge in [0.25, 0.3) is 0 Å². The van der Waals surface area contributed by atoms with Crippen molar-refractivity contribution in [2.75, 3.05) is 13.1 Å². The van der Waals surface area contributed by atoms with E-state index < -0.39 is 0 Å². The van der Waals surface area contributed by atoms with Gasteiger partial charge < -0.3 is 11.1 Å². The molecule has 1 aliphatic carbocycles. The van der Waals surface area contributed by atoms with E-state index in [-0.39, 0.29) is 11.8 Å². The predicted octanol–water partition coefficient (Wildman–Crippen LogP) is 1.50. The van der Waals surface area contributed by atoms with Gasteiger partial charge in [0, 0.05) is 12.5 Å². The third kappa shape index (κ3) is 3.07. The van der Waals surface area contributed by atoms with Crippen LogP contribution in [-0.4, -0.2) is 19.0 Å². The summed E-state index contributed by atoms with van der Waals surface area (Å²) in [5.74, 6) is 1.12. The van der Waals surface area contributed by atoms with Crippen LogP contribution in [0.4, 0.5) is 0 Å². The highest BCUT2D eigenvalue weighted by Gasteiger charge is 2.43. The summed E-state index contributed by atoms with van der Waals surface area (Å²) in [6, 6.07) is 10.3. The number of carbonyl (C=O) groups excluding carboxylic acids is 1. The van der Waals surface area contributed by atoms with E-state index in [4.69, 9.17) is 5.73 Å². The van der Waals surface area contributed by atoms with Gasteiger partial charge in [-0.3, -0.25) is 4.79 Å². The highest BCUT2D eigenvalue weighted by molar-refractivity contribution is 5.82. The van der Waals surface area contributed by atoms with E-state index in [0.717, 1.165) is 6.42 Å². The highest BCUT2D eigenvalue weighted by Crippen LogP contribution is 2.47. The van der Waals surface area contributed by atoms with Crippen LogP contribution in [0.1, 0.15) is 24.8 Å². The van der Waals surface area contributed by atoms with Crippen LogP contribution in [0.5, 0.6) is 0 Å². The fourth-order valence-corrected chi connectivity index (χ4v) is 2.04. The third-order valence-corrected chi connectivity index (χ3v) is 3.38. The molecule has 0 aliphatic heterocycles. The third-order valence-electron chi connectivity index (χ3n) is 3.38. The lowest BCUT2D eigenvalue weighted by atomic mass is 10.1. The molecule has 3 heteroatoms. The van der Waals surface area contributed by atoms with E-state index in [1.807, 2.05) is 25.1 Å². The van der Waals surface area contributed by atoms with Crippen molar-refractivity contribution in [3.8, 4) is 0 Å². The summed E-state index contributed by atoms with van der Waals surface area (Å²) in [6.07, 6.45) is 0.979. The molecule has 17 heavy (non-hydrogen) atoms. The molecule has 3 unspecified atom stereocenters. The molecule has 1 amide bonds. The summed E-state index contributed by atoms with van der Waals surface area (Å²) in [7, 11) is 0. The molecule has 1 aliphatic rings. The molecule has 0 spiro atoms. The minimum absolute atomic E-state index is 0.169. The van der Waals surface area contributed by atoms with Gasteiger partial charge in [-0.1, -0.05) is 37.3 Å². The number of rotatable bonds is 5. The minimum Gasteiger partial charge on any atom is -0.356 e. The lowest BCUT2D eigenvalue weighted by Gasteiger charge is -2.09. The average molecular weight is 232 g/mol. The van der Waals surface area contributed by atoms with Crippen molar-refractivity contribution in [2.45, 2.75) is 19.3 Å². The smallest absolute Gasteiger partial charge is 0.223 e. The van der Waals surface area contributed by atoms with E-state index in [1.54, 1.807) is 0 Å². The SMILES string of the molecule is CC(CN)CNC(=O)C1CC1c1ccccc1. The first kappa shape index (κ1) is 12.1. The summed E-state index contributed by atoms with van der Waals surface area (Å²) < 4.78 is 0. The standard InChI is InChI=1S/C14H20N2O/c1-10(8-15)9-16-14(17)13-7-12(13)11-5-3-2-4-6-11/h2-6,10,12-13H,7-9,15H2,1H3,(H,16,17). The molecular formula is C14H20N2O. The number of nitrogens with two attached hydrogens (primary N) is 1. The number of carbonyl (C=O) groups is 1. The van der Waals surface area contributed by atoms with E-state index >= 15 is 0 Å². The van der Waals surface area contributed by atoms with Gasteiger partial charge in [-0.15, -0.1) is 0 Å². The molecule has 0 radical (unpaired) electrons. The predicted molar refractivity (Wildman–Crippen MR) is 68.5 cm³/mol. The molecule has 0 aromatic heterocycles. The van der Waals surface area contributed by atoms with Crippen molar-refractivity contribution in [3.05, 3.63) is 35.9 Å². The van der Waals surface area contributed by atoms with Gasteiger partial charge in [0.15, 0.2) is 0 Å². The molecule has 1 saturated carbocycles. The van der Waals surface area contributed by atoms with Gasteiger partial charge >= 0.3 is 0 Å². The van der Waals surface area contributed by atoms with E-state index in [9.17, 15) is 4.79 Å². The van der Waals surface area contributed by atoms with Crippen molar-refractivity contribution < 1.29 is 4.79 Å². The van der Waals surface area contributed by atoms with Gasteiger partial charge in [0.2, 0.25) is 5.91 Å². The molecule has 0 heterocycles. The van der Waals surface area contributed by atoms with Crippen molar-refractivity contribution in [2.24, 2.45) is 17.6 Å². The van der Waals surface area contributed by atoms with Crippen LogP contribution in [0.2, 0.25) is 0 Å². The fourth-order valence-electron chi connectivity index (χ4n) is 2.04. The van der Waals surface area contributed by atoms with Crippen LogP contribution in [0.15, 0.2) is 30.3 Å². The lowest BCUT2D eigenvalue weighted by Crippen LogP contribution is -2.32. The molecule has 3 atom stereocenters. The first-order chi connectivity index (χ1) is 8.22. The Labute approximate surface area is 102 Å². The monoisotopic (exact) mass is 232 g/mol. The summed E-state index contributed by atoms with van der Waals surface area (Å²) in [4.78, 5) is 11.9. The molecule has 3 nitrogen and oxygen atoms in total. The average Bonchev–Trinajstić information content (AvgIpc) is 3.17. The maximum Gasteiger partial charge on any atom is 0.223 e. The second-order valence-corrected chi connectivity index (χ2v) is 4.95. The number of nitrogens with one attached hydrogen (secondary N) is 1. The molecule has 2 rings (SSSR count). The molecule has 1 fully saturated rings. The van der Waals surface area contributed by atoms with E-state index in [0.29, 0.717) is 24.9 Å². The number of amides is 1. The molecular weight excluding hydrogens is 212 g/mol. The maximum absolute atomic E-state index is 11.9. The zero-order valence-electron chi connectivity index (χ0n) is 10.2. The van der Waals surface area contributed by atoms with Crippen LogP contribution in [0.25, 0.3) is 0 Å². The second-order valence-electron chi connectivity index (χ2n) is 4.95. The molecule has 1 aromatic carbocycles. The van der Waals surface area contributed by atoms with Crippen molar-refractivity contribution in [1.29, 1.82) is 0 Å². The largest absolute Gasteiger partial charge is 0.356 e. The van der Waals surface area contributed by atoms with Crippen LogP contribution >= 0.6 is 0 Å². The Balaban J connectivity index is 1.81. The van der Waals surface area contributed by atoms with Crippen molar-refractivity contribution in [3.63, 3.8) is 0 Å². The Morgan fingerprint density at radius 1 is 1.47 bits per heavy atom. The Bertz CT molecular complexity index is 377. The van der Waals surface area contributed by atoms with Gasteiger partial charge in [-0.2, -0.15) is 0 Å². The van der Waals surface area contributed by atoms with Gasteiger partial charge in [0.05, 0.1) is 0 Å². The van der Waals surface area contributed by atoms with Gasteiger partial charge in [-0.05, 0) is 30.4 Å². The molecule has 0 saturated heterocycles. The topological polar surface area (TPSA) is 55.1 Å². The molecule has 92 valence electrons. The number of hydrogen-bond acceptors (Lipinski definition) is 2. The van der Waals surface area contributed by atoms with E-state index in [1.165, 1.54) is 5.56 Å². The summed E-state index contributed by atoms with van der Waals surface area (Å²) in [6.45, 7) is 3.35. The first-order valence-corrected chi connectivity index (χ1v) is 6.25. The summed E-state index contributed by atoms with van der Waals surface area (Å²) in [5.41, 5.74) is 6.79. The summed E-state index contributed by atoms with van der Waals surface area (Å²) in [5, 5.41) is 2.98. The first-order valence-electron chi connectivity index (χ1n) is 6.25. The molecule has 0 bridgehead atoms. The van der Waals surface area contributed by atoms with Crippen LogP contribution in [-0.2, 0) is 4.79 Å². The van der Waals surface area contributed by atoms with E-state index in [2.05, 4.69) is 17.4 Å². The fraction of sp³-hybridized carbons (Fsp3) is 0.500. The minimum atomic E-state index is 0.169. The van der Waals surface area contributed by atoms with Gasteiger partial charge in [-0.25, -0.2) is 0 Å². The Hall–Kier alpha value is -1.35. The molecule has 1 aromatic rings. The van der Waals surface area contributed by atoms with Crippen molar-refractivity contribution in [1.82, 2.24) is 5.32 Å². The number of benzene rings is 1. The quantitative estimate of drug-likeness (QED) is 0.808. The van der Waals surface area contributed by atoms with Crippen LogP contribution < -0.4 is 11.1 Å². The maximum atomic E-state index is 11.9. The lowest BCUT2D eigenvalue weighted by molar-refractivity contribution is -0.122. The zero-order chi connectivity index (χ0) is 12.3. The Morgan fingerprint density at radius 3 is 2.82 bits per heavy atom. The van der Waals surface area contributed by atoms with Crippen LogP contribution in [0, 0.1) is 11.8 Å². The van der Waals surface area contributed by atoms with Gasteiger partial charge in [0.1, 0.15) is 0 Å². The Morgan fingerprint density at radius 2 is 2.18 bits per heavy atom. The Kier molecular flexibility index (Phi) is 3.79. The number of hydrogen-bond donors (Lipinski definition) is 2. The molecule has 3 N–H and O–H groups in total. The van der Waals surface area contributed by atoms with Crippen LogP contribution in [0.3, 0.4) is 0 Å². The summed E-state index contributed by atoms with van der Waals surface area (Å²) >= 11 is 0.